The molecular formula is C54H106O3. The van der Waals surface area contributed by atoms with Crippen LogP contribution < -0.4 is 0 Å². The van der Waals surface area contributed by atoms with E-state index in [4.69, 9.17) is 0 Å². The lowest BCUT2D eigenvalue weighted by Gasteiger charge is -2.37. The number of hydrogen-bond acceptors (Lipinski definition) is 2. The van der Waals surface area contributed by atoms with Crippen molar-refractivity contribution in [1.82, 2.24) is 0 Å². The molecule has 0 aliphatic carbocycles. The minimum absolute atomic E-state index is 0.0118. The summed E-state index contributed by atoms with van der Waals surface area (Å²) in [5, 5.41) is 11.1. The van der Waals surface area contributed by atoms with Crippen molar-refractivity contribution in [2.24, 2.45) is 11.3 Å². The second-order valence-corrected chi connectivity index (χ2v) is 18.9. The van der Waals surface area contributed by atoms with Crippen molar-refractivity contribution in [3.63, 3.8) is 0 Å². The summed E-state index contributed by atoms with van der Waals surface area (Å²) in [6.07, 6.45) is 56.5. The fraction of sp³-hybridized carbons (Fsp3) is 0.963. The second-order valence-electron chi connectivity index (χ2n) is 18.9. The van der Waals surface area contributed by atoms with Crippen molar-refractivity contribution in [2.45, 2.75) is 323 Å². The van der Waals surface area contributed by atoms with Gasteiger partial charge in [0, 0.05) is 6.42 Å². The molecule has 3 nitrogen and oxygen atoms in total. The minimum atomic E-state index is -1.18. The summed E-state index contributed by atoms with van der Waals surface area (Å²) in [6, 6.07) is 0. The molecule has 0 fully saturated rings. The van der Waals surface area contributed by atoms with Gasteiger partial charge in [0.15, 0.2) is 0 Å². The molecular weight excluding hydrogens is 697 g/mol. The first-order valence-electron chi connectivity index (χ1n) is 26.8. The van der Waals surface area contributed by atoms with Crippen LogP contribution in [-0.2, 0) is 9.59 Å². The van der Waals surface area contributed by atoms with Crippen LogP contribution in [0.15, 0.2) is 0 Å². The Bertz CT molecular complexity index is 822. The van der Waals surface area contributed by atoms with Gasteiger partial charge in [-0.3, -0.25) is 9.59 Å². The van der Waals surface area contributed by atoms with E-state index in [0.29, 0.717) is 12.8 Å². The fourth-order valence-corrected chi connectivity index (χ4v) is 9.61. The first kappa shape index (κ1) is 56.1. The number of aliphatic carboxylic acids is 1. The van der Waals surface area contributed by atoms with Crippen LogP contribution in [0.25, 0.3) is 0 Å². The van der Waals surface area contributed by atoms with E-state index < -0.39 is 11.4 Å². The molecule has 0 radical (unpaired) electrons. The number of carbonyl (C=O) groups is 2. The molecule has 0 aromatic carbocycles. The predicted molar refractivity (Wildman–Crippen MR) is 254 cm³/mol. The molecule has 340 valence electrons. The number of hydrogen-bond donors (Lipinski definition) is 1. The van der Waals surface area contributed by atoms with Gasteiger partial charge < -0.3 is 5.11 Å². The maximum Gasteiger partial charge on any atom is 0.317 e. The summed E-state index contributed by atoms with van der Waals surface area (Å²) in [6.45, 7) is 9.11. The van der Waals surface area contributed by atoms with Crippen LogP contribution in [-0.4, -0.2) is 16.9 Å². The molecule has 2 atom stereocenters. The Balaban J connectivity index is 5.20. The lowest BCUT2D eigenvalue weighted by Crippen LogP contribution is -2.46. The summed E-state index contributed by atoms with van der Waals surface area (Å²) in [4.78, 5) is 28.0. The third-order valence-corrected chi connectivity index (χ3v) is 13.6. The molecule has 0 aromatic heterocycles. The summed E-state index contributed by atoms with van der Waals surface area (Å²) in [5.74, 6) is -0.720. The van der Waals surface area contributed by atoms with Crippen molar-refractivity contribution in [3.8, 4) is 0 Å². The fourth-order valence-electron chi connectivity index (χ4n) is 9.61. The lowest BCUT2D eigenvalue weighted by molar-refractivity contribution is -0.161. The highest BCUT2D eigenvalue weighted by Gasteiger charge is 2.50. The summed E-state index contributed by atoms with van der Waals surface area (Å²) in [7, 11) is 0. The zero-order valence-corrected chi connectivity index (χ0v) is 39.9. The first-order chi connectivity index (χ1) is 28.0. The highest BCUT2D eigenvalue weighted by atomic mass is 16.4. The first-order valence-corrected chi connectivity index (χ1v) is 26.8. The van der Waals surface area contributed by atoms with Crippen molar-refractivity contribution < 1.29 is 14.7 Å². The van der Waals surface area contributed by atoms with E-state index in [1.54, 1.807) is 0 Å². The van der Waals surface area contributed by atoms with Gasteiger partial charge in [-0.2, -0.15) is 0 Å². The number of carbonyl (C=O) groups excluding carboxylic acids is 1. The van der Waals surface area contributed by atoms with E-state index in [0.717, 1.165) is 51.4 Å². The van der Waals surface area contributed by atoms with Gasteiger partial charge in [0.05, 0.1) is 0 Å². The van der Waals surface area contributed by atoms with Gasteiger partial charge >= 0.3 is 5.97 Å². The van der Waals surface area contributed by atoms with Crippen LogP contribution in [0.1, 0.15) is 323 Å². The minimum Gasteiger partial charge on any atom is -0.480 e. The van der Waals surface area contributed by atoms with Crippen LogP contribution >= 0.6 is 0 Å². The number of carboxylic acids is 1. The topological polar surface area (TPSA) is 54.4 Å². The predicted octanol–water partition coefficient (Wildman–Crippen LogP) is 19.3. The zero-order valence-electron chi connectivity index (χ0n) is 39.9. The summed E-state index contributed by atoms with van der Waals surface area (Å²) >= 11 is 0. The Hall–Kier alpha value is -0.860. The quantitative estimate of drug-likeness (QED) is 0.0492. The smallest absolute Gasteiger partial charge is 0.317 e. The van der Waals surface area contributed by atoms with Crippen LogP contribution in [0.2, 0.25) is 0 Å². The number of Topliss-reactive ketones (excluding diaryl/α,β-unsaturated/α-hetero) is 1. The van der Waals surface area contributed by atoms with E-state index in [9.17, 15) is 14.7 Å². The number of unbranched alkanes of at least 4 members (excludes halogenated alkanes) is 38. The largest absolute Gasteiger partial charge is 0.480 e. The molecule has 2 unspecified atom stereocenters. The molecule has 1 N–H and O–H groups in total. The van der Waals surface area contributed by atoms with E-state index in [2.05, 4.69) is 27.7 Å². The number of ketones is 1. The Morgan fingerprint density at radius 3 is 0.825 bits per heavy atom. The molecule has 0 spiro atoms. The Kier molecular flexibility index (Phi) is 44.0. The van der Waals surface area contributed by atoms with Gasteiger partial charge in [-0.05, 0) is 31.6 Å². The molecule has 0 amide bonds. The van der Waals surface area contributed by atoms with Gasteiger partial charge in [-0.25, -0.2) is 0 Å². The average Bonchev–Trinajstić information content (AvgIpc) is 3.21. The van der Waals surface area contributed by atoms with Crippen molar-refractivity contribution in [2.75, 3.05) is 0 Å². The molecule has 57 heavy (non-hydrogen) atoms. The van der Waals surface area contributed by atoms with Gasteiger partial charge in [0.25, 0.3) is 0 Å². The van der Waals surface area contributed by atoms with Crippen molar-refractivity contribution in [1.29, 1.82) is 0 Å². The van der Waals surface area contributed by atoms with Crippen LogP contribution in [0.5, 0.6) is 0 Å². The molecule has 0 aliphatic rings. The van der Waals surface area contributed by atoms with Crippen LogP contribution in [0, 0.1) is 11.3 Å². The van der Waals surface area contributed by atoms with E-state index >= 15 is 0 Å². The normalized spacial score (nSPS) is 13.3. The van der Waals surface area contributed by atoms with Gasteiger partial charge in [-0.1, -0.05) is 291 Å². The average molecular weight is 803 g/mol. The number of rotatable bonds is 49. The van der Waals surface area contributed by atoms with Crippen LogP contribution in [0.4, 0.5) is 0 Å². The monoisotopic (exact) mass is 803 g/mol. The maximum atomic E-state index is 14.4. The van der Waals surface area contributed by atoms with Crippen LogP contribution in [0.3, 0.4) is 0 Å². The molecule has 0 bridgehead atoms. The third-order valence-electron chi connectivity index (χ3n) is 13.6. The van der Waals surface area contributed by atoms with E-state index in [-0.39, 0.29) is 11.7 Å². The third kappa shape index (κ3) is 33.5. The Labute approximate surface area is 359 Å². The zero-order chi connectivity index (χ0) is 41.8. The Morgan fingerprint density at radius 2 is 0.561 bits per heavy atom. The lowest BCUT2D eigenvalue weighted by atomic mass is 9.64. The maximum absolute atomic E-state index is 14.4. The highest BCUT2D eigenvalue weighted by Crippen LogP contribution is 2.43. The highest BCUT2D eigenvalue weighted by molar-refractivity contribution is 6.03. The van der Waals surface area contributed by atoms with Gasteiger partial charge in [0.1, 0.15) is 11.2 Å². The molecule has 0 aromatic rings. The standard InChI is InChI=1S/C54H106O3/c1-5-9-13-17-21-24-26-28-29-31-33-35-37-41-45-49-52(55)54(53(56)57,50-46-42-38-23-19-15-11-7-3)51(47-43-39-20-16-12-8-4)48-44-40-36-34-32-30-27-25-22-18-14-10-6-2/h51H,5-50H2,1-4H3,(H,56,57). The van der Waals surface area contributed by atoms with Gasteiger partial charge in [0.2, 0.25) is 0 Å². The van der Waals surface area contributed by atoms with E-state index in [1.165, 1.54) is 231 Å². The SMILES string of the molecule is CCCCCCCCCCCCCCCCCC(=O)C(CCCCCCCCCC)(C(=O)O)C(CCCCCCCC)CCCCCCCCCCCCCCC. The molecule has 3 heteroatoms. The molecule has 0 heterocycles. The van der Waals surface area contributed by atoms with Crippen molar-refractivity contribution >= 4 is 11.8 Å². The molecule has 0 saturated carbocycles. The van der Waals surface area contributed by atoms with E-state index in [1.807, 2.05) is 0 Å². The summed E-state index contributed by atoms with van der Waals surface area (Å²) < 4.78 is 0. The summed E-state index contributed by atoms with van der Waals surface area (Å²) in [5.41, 5.74) is -1.18. The van der Waals surface area contributed by atoms with Crippen molar-refractivity contribution in [3.05, 3.63) is 0 Å². The van der Waals surface area contributed by atoms with Gasteiger partial charge in [-0.15, -0.1) is 0 Å². The number of carboxylic acid groups (broad SMARTS) is 1. The molecule has 0 rings (SSSR count). The molecule has 0 aliphatic heterocycles. The Morgan fingerprint density at radius 1 is 0.333 bits per heavy atom. The second kappa shape index (κ2) is 44.7. The molecule has 0 saturated heterocycles.